The fourth-order valence-electron chi connectivity index (χ4n) is 4.33. The zero-order valence-corrected chi connectivity index (χ0v) is 27.8. The molecule has 2 amide bonds. The van der Waals surface area contributed by atoms with Gasteiger partial charge in [-0.1, -0.05) is 0 Å². The zero-order valence-electron chi connectivity index (χ0n) is 27.8. The van der Waals surface area contributed by atoms with Crippen LogP contribution in [-0.2, 0) is 14.3 Å². The highest BCUT2D eigenvalue weighted by atomic mass is 16.6. The number of carbonyl (C=O) groups is 3. The quantitative estimate of drug-likeness (QED) is 0.390. The number of pyridine rings is 2. The normalized spacial score (nSPS) is 15.3. The Morgan fingerprint density at radius 1 is 0.756 bits per heavy atom. The smallest absolute Gasteiger partial charge is 0.408 e. The van der Waals surface area contributed by atoms with Crippen molar-refractivity contribution >= 4 is 29.8 Å². The van der Waals surface area contributed by atoms with E-state index in [4.69, 9.17) is 9.47 Å². The van der Waals surface area contributed by atoms with Crippen molar-refractivity contribution in [2.45, 2.75) is 52.7 Å². The molecule has 2 fully saturated rings. The molecular formula is C32H52N8O5. The predicted octanol–water partition coefficient (Wildman–Crippen LogP) is 2.93. The van der Waals surface area contributed by atoms with E-state index in [9.17, 15) is 14.4 Å². The third kappa shape index (κ3) is 17.2. The first-order valence-corrected chi connectivity index (χ1v) is 15.5. The van der Waals surface area contributed by atoms with Crippen molar-refractivity contribution in [2.75, 3.05) is 81.8 Å². The third-order valence-electron chi connectivity index (χ3n) is 6.37. The first-order chi connectivity index (χ1) is 21.4. The Kier molecular flexibility index (Phi) is 16.1. The summed E-state index contributed by atoms with van der Waals surface area (Å²) in [4.78, 5) is 47.2. The fourth-order valence-corrected chi connectivity index (χ4v) is 4.33. The molecule has 0 atom stereocenters. The van der Waals surface area contributed by atoms with Crippen molar-refractivity contribution in [3.05, 3.63) is 49.1 Å². The van der Waals surface area contributed by atoms with E-state index in [1.54, 1.807) is 20.8 Å². The van der Waals surface area contributed by atoms with Crippen molar-refractivity contribution in [1.82, 2.24) is 30.8 Å². The van der Waals surface area contributed by atoms with Gasteiger partial charge in [0.2, 0.25) is 0 Å². The second kappa shape index (κ2) is 19.4. The summed E-state index contributed by atoms with van der Waals surface area (Å²) >= 11 is 0. The van der Waals surface area contributed by atoms with Crippen molar-refractivity contribution in [1.29, 1.82) is 0 Å². The van der Waals surface area contributed by atoms with Crippen LogP contribution < -0.4 is 25.8 Å². The highest BCUT2D eigenvalue weighted by Gasteiger charge is 2.19. The molecule has 2 aliphatic heterocycles. The summed E-state index contributed by atoms with van der Waals surface area (Å²) in [5, 5.41) is 8.39. The molecule has 2 aromatic rings. The molecule has 4 rings (SSSR count). The number of piperazine rings is 2. The van der Waals surface area contributed by atoms with Crippen LogP contribution in [0.15, 0.2) is 49.1 Å². The van der Waals surface area contributed by atoms with Gasteiger partial charge in [-0.25, -0.2) is 9.59 Å². The average molecular weight is 629 g/mol. The van der Waals surface area contributed by atoms with Crippen LogP contribution in [0.3, 0.4) is 0 Å². The number of rotatable bonds is 7. The number of nitrogens with one attached hydrogen (secondary N) is 3. The number of hydrogen-bond donors (Lipinski definition) is 3. The van der Waals surface area contributed by atoms with Crippen molar-refractivity contribution in [3.8, 4) is 0 Å². The summed E-state index contributed by atoms with van der Waals surface area (Å²) < 4.78 is 10.1. The molecule has 2 aliphatic rings. The van der Waals surface area contributed by atoms with Gasteiger partial charge in [-0.2, -0.15) is 0 Å². The summed E-state index contributed by atoms with van der Waals surface area (Å²) in [7, 11) is 0. The molecule has 0 bridgehead atoms. The van der Waals surface area contributed by atoms with Crippen LogP contribution >= 0.6 is 0 Å². The van der Waals surface area contributed by atoms with E-state index >= 15 is 0 Å². The van der Waals surface area contributed by atoms with Crippen LogP contribution in [0.25, 0.3) is 0 Å². The van der Waals surface area contributed by atoms with E-state index in [2.05, 4.69) is 52.8 Å². The van der Waals surface area contributed by atoms with Gasteiger partial charge in [0, 0.05) is 102 Å². The molecule has 0 aromatic carbocycles. The first kappa shape index (κ1) is 37.2. The molecule has 0 radical (unpaired) electrons. The minimum atomic E-state index is -0.565. The topological polar surface area (TPSA) is 141 Å². The first-order valence-electron chi connectivity index (χ1n) is 15.5. The predicted molar refractivity (Wildman–Crippen MR) is 177 cm³/mol. The molecular weight excluding hydrogens is 576 g/mol. The van der Waals surface area contributed by atoms with Gasteiger partial charge >= 0.3 is 12.2 Å². The second-order valence-electron chi connectivity index (χ2n) is 12.5. The maximum absolute atomic E-state index is 11.6. The molecule has 13 heteroatoms. The van der Waals surface area contributed by atoms with Crippen LogP contribution in [0.2, 0.25) is 0 Å². The van der Waals surface area contributed by atoms with E-state index in [0.29, 0.717) is 12.8 Å². The average Bonchev–Trinajstić information content (AvgIpc) is 3.01. The fraction of sp³-hybridized carbons (Fsp3) is 0.594. The molecule has 0 aliphatic carbocycles. The molecule has 0 saturated carbocycles. The van der Waals surface area contributed by atoms with Gasteiger partial charge in [0.05, 0.1) is 6.54 Å². The summed E-state index contributed by atoms with van der Waals surface area (Å²) in [5.74, 6) is 0. The van der Waals surface area contributed by atoms with Crippen molar-refractivity contribution in [3.63, 3.8) is 0 Å². The minimum Gasteiger partial charge on any atom is -0.444 e. The standard InChI is InChI=1S/C16H26N4O2.C9H13N3.C7H13NO3/c1-16(2,3)22-15(21)18-8-9-19-10-12-20(13-11-19)14-4-6-17-7-5-14;1-3-10-4-2-9(1)12-7-5-11-6-8-12;1-7(2,3)11-6(10)8-4-5-9/h4-7H,8-13H2,1-3H3,(H,18,21);1-4,11H,5-8H2;5H,4H2,1-3H3,(H,8,10). The number of hydrogen-bond acceptors (Lipinski definition) is 11. The number of ether oxygens (including phenoxy) is 2. The van der Waals surface area contributed by atoms with E-state index in [1.807, 2.05) is 57.7 Å². The molecule has 13 nitrogen and oxygen atoms in total. The molecule has 2 saturated heterocycles. The van der Waals surface area contributed by atoms with E-state index in [1.165, 1.54) is 11.4 Å². The summed E-state index contributed by atoms with van der Waals surface area (Å²) in [6.07, 6.45) is 7.03. The Balaban J connectivity index is 0.000000259. The highest BCUT2D eigenvalue weighted by molar-refractivity contribution is 5.71. The number of aromatic nitrogens is 2. The van der Waals surface area contributed by atoms with Crippen molar-refractivity contribution in [2.24, 2.45) is 0 Å². The van der Waals surface area contributed by atoms with E-state index in [0.717, 1.165) is 58.9 Å². The van der Waals surface area contributed by atoms with Crippen LogP contribution in [0.5, 0.6) is 0 Å². The van der Waals surface area contributed by atoms with Gasteiger partial charge in [0.1, 0.15) is 17.5 Å². The lowest BCUT2D eigenvalue weighted by Crippen LogP contribution is -2.48. The highest BCUT2D eigenvalue weighted by Crippen LogP contribution is 2.15. The van der Waals surface area contributed by atoms with Gasteiger partial charge in [-0.15, -0.1) is 0 Å². The molecule has 4 heterocycles. The summed E-state index contributed by atoms with van der Waals surface area (Å²) in [6, 6.07) is 8.20. The molecule has 2 aromatic heterocycles. The van der Waals surface area contributed by atoms with Gasteiger partial charge in [0.25, 0.3) is 0 Å². The van der Waals surface area contributed by atoms with Crippen molar-refractivity contribution < 1.29 is 23.9 Å². The largest absolute Gasteiger partial charge is 0.444 e. The maximum Gasteiger partial charge on any atom is 0.408 e. The van der Waals surface area contributed by atoms with Gasteiger partial charge in [-0.05, 0) is 65.8 Å². The molecule has 45 heavy (non-hydrogen) atoms. The lowest BCUT2D eigenvalue weighted by molar-refractivity contribution is -0.107. The number of carbonyl (C=O) groups excluding carboxylic acids is 3. The summed E-state index contributed by atoms with van der Waals surface area (Å²) in [5.41, 5.74) is 1.56. The van der Waals surface area contributed by atoms with Crippen LogP contribution in [0.1, 0.15) is 41.5 Å². The Bertz CT molecular complexity index is 1110. The maximum atomic E-state index is 11.6. The monoisotopic (exact) mass is 628 g/mol. The Hall–Kier alpha value is -3.97. The third-order valence-corrected chi connectivity index (χ3v) is 6.37. The molecule has 0 unspecified atom stereocenters. The summed E-state index contributed by atoms with van der Waals surface area (Å²) in [6.45, 7) is 20.7. The second-order valence-corrected chi connectivity index (χ2v) is 12.5. The Morgan fingerprint density at radius 3 is 1.64 bits per heavy atom. The van der Waals surface area contributed by atoms with Gasteiger partial charge < -0.3 is 40.0 Å². The number of anilines is 2. The molecule has 0 spiro atoms. The lowest BCUT2D eigenvalue weighted by Gasteiger charge is -2.36. The zero-order chi connectivity index (χ0) is 33.1. The number of amides is 2. The van der Waals surface area contributed by atoms with Gasteiger partial charge in [0.15, 0.2) is 0 Å². The number of nitrogens with zero attached hydrogens (tertiary/aromatic N) is 5. The number of alkyl carbamates (subject to hydrolysis) is 2. The van der Waals surface area contributed by atoms with Crippen LogP contribution in [0, 0.1) is 0 Å². The van der Waals surface area contributed by atoms with E-state index < -0.39 is 17.3 Å². The number of aldehydes is 1. The SMILES string of the molecule is CC(C)(C)OC(=O)NCC=O.CC(C)(C)OC(=O)NCCN1CCN(c2ccncc2)CC1.c1cc(N2CCNCC2)ccn1. The lowest BCUT2D eigenvalue weighted by atomic mass is 10.2. The Labute approximate surface area is 268 Å². The molecule has 250 valence electrons. The van der Waals surface area contributed by atoms with Gasteiger partial charge in [-0.3, -0.25) is 14.9 Å². The van der Waals surface area contributed by atoms with Crippen LogP contribution in [-0.4, -0.2) is 117 Å². The Morgan fingerprint density at radius 2 is 1.20 bits per heavy atom. The minimum absolute atomic E-state index is 0.00505. The molecule has 3 N–H and O–H groups in total. The van der Waals surface area contributed by atoms with E-state index in [-0.39, 0.29) is 12.6 Å². The van der Waals surface area contributed by atoms with Crippen LogP contribution in [0.4, 0.5) is 21.0 Å².